The maximum atomic E-state index is 12.4. The highest BCUT2D eigenvalue weighted by atomic mass is 35.5. The lowest BCUT2D eigenvalue weighted by Crippen LogP contribution is -2.07. The Balaban J connectivity index is 2.87. The predicted molar refractivity (Wildman–Crippen MR) is 51.7 cm³/mol. The van der Waals surface area contributed by atoms with Crippen molar-refractivity contribution >= 4 is 11.6 Å². The lowest BCUT2D eigenvalue weighted by Gasteiger charge is -2.10. The molecule has 0 fully saturated rings. The van der Waals surface area contributed by atoms with Crippen molar-refractivity contribution in [3.63, 3.8) is 0 Å². The smallest absolute Gasteiger partial charge is 0.417 e. The Morgan fingerprint density at radius 2 is 2.06 bits per heavy atom. The number of rotatable bonds is 3. The van der Waals surface area contributed by atoms with Crippen LogP contribution in [0.4, 0.5) is 13.2 Å². The standard InChI is InChI=1S/C10H7ClF3NO/c11-9-2-1-7(3-4-16-6-15)5-8(9)10(12,13)14/h1-2,5H,3-4H2. The molecule has 0 spiro atoms. The summed E-state index contributed by atoms with van der Waals surface area (Å²) in [6, 6.07) is 3.62. The Bertz CT molecular complexity index is 412. The normalized spacial score (nSPS) is 10.9. The van der Waals surface area contributed by atoms with Gasteiger partial charge in [0.1, 0.15) is 6.61 Å². The number of nitrogens with zero attached hydrogens (tertiary/aromatic N) is 1. The third-order valence-electron chi connectivity index (χ3n) is 1.89. The predicted octanol–water partition coefficient (Wildman–Crippen LogP) is 3.40. The number of ether oxygens (including phenoxy) is 1. The van der Waals surface area contributed by atoms with E-state index in [9.17, 15) is 13.2 Å². The van der Waals surface area contributed by atoms with E-state index in [1.54, 1.807) is 0 Å². The molecule has 1 aromatic carbocycles. The number of benzene rings is 1. The minimum absolute atomic E-state index is 0.0510. The zero-order chi connectivity index (χ0) is 12.2. The van der Waals surface area contributed by atoms with E-state index in [2.05, 4.69) is 4.74 Å². The van der Waals surface area contributed by atoms with Crippen molar-refractivity contribution in [2.75, 3.05) is 6.61 Å². The molecule has 0 atom stereocenters. The maximum Gasteiger partial charge on any atom is 0.417 e. The molecule has 0 aliphatic rings. The summed E-state index contributed by atoms with van der Waals surface area (Å²) in [6.45, 7) is 0.0510. The van der Waals surface area contributed by atoms with Gasteiger partial charge in [-0.3, -0.25) is 0 Å². The molecule has 0 aliphatic heterocycles. The molecule has 0 aromatic heterocycles. The van der Waals surface area contributed by atoms with E-state index in [0.717, 1.165) is 6.07 Å². The highest BCUT2D eigenvalue weighted by molar-refractivity contribution is 6.31. The minimum Gasteiger partial charge on any atom is -0.427 e. The van der Waals surface area contributed by atoms with Crippen LogP contribution in [0.25, 0.3) is 0 Å². The van der Waals surface area contributed by atoms with E-state index in [-0.39, 0.29) is 18.1 Å². The van der Waals surface area contributed by atoms with Crippen molar-refractivity contribution in [2.24, 2.45) is 0 Å². The molecule has 16 heavy (non-hydrogen) atoms. The second kappa shape index (κ2) is 5.08. The lowest BCUT2D eigenvalue weighted by atomic mass is 10.1. The van der Waals surface area contributed by atoms with Crippen LogP contribution in [0.1, 0.15) is 11.1 Å². The number of alkyl halides is 3. The van der Waals surface area contributed by atoms with Gasteiger partial charge in [0.15, 0.2) is 0 Å². The first-order valence-corrected chi connectivity index (χ1v) is 4.69. The fourth-order valence-corrected chi connectivity index (χ4v) is 1.38. The van der Waals surface area contributed by atoms with Gasteiger partial charge in [-0.15, -0.1) is 0 Å². The Kier molecular flexibility index (Phi) is 4.02. The lowest BCUT2D eigenvalue weighted by molar-refractivity contribution is -0.137. The highest BCUT2D eigenvalue weighted by Gasteiger charge is 2.33. The molecule has 0 aliphatic carbocycles. The largest absolute Gasteiger partial charge is 0.427 e. The van der Waals surface area contributed by atoms with E-state index >= 15 is 0 Å². The first kappa shape index (κ1) is 12.7. The fraction of sp³-hybridized carbons (Fsp3) is 0.300. The summed E-state index contributed by atoms with van der Waals surface area (Å²) in [5.41, 5.74) is -0.449. The van der Waals surface area contributed by atoms with Crippen LogP contribution in [0.15, 0.2) is 18.2 Å². The SMILES string of the molecule is N#COCCc1ccc(Cl)c(C(F)(F)F)c1. The molecule has 0 amide bonds. The molecule has 0 heterocycles. The van der Waals surface area contributed by atoms with Crippen LogP contribution < -0.4 is 0 Å². The van der Waals surface area contributed by atoms with Gasteiger partial charge in [0, 0.05) is 6.42 Å². The average Bonchev–Trinajstić information content (AvgIpc) is 2.19. The van der Waals surface area contributed by atoms with Gasteiger partial charge in [0.05, 0.1) is 10.6 Å². The van der Waals surface area contributed by atoms with E-state index in [4.69, 9.17) is 16.9 Å². The first-order chi connectivity index (χ1) is 7.45. The molecule has 6 heteroatoms. The average molecular weight is 250 g/mol. The van der Waals surface area contributed by atoms with Gasteiger partial charge in [-0.1, -0.05) is 17.7 Å². The maximum absolute atomic E-state index is 12.4. The summed E-state index contributed by atoms with van der Waals surface area (Å²) in [4.78, 5) is 0. The first-order valence-electron chi connectivity index (χ1n) is 4.31. The second-order valence-electron chi connectivity index (χ2n) is 3.00. The summed E-state index contributed by atoms with van der Waals surface area (Å²) >= 11 is 5.44. The number of hydrogen-bond donors (Lipinski definition) is 0. The van der Waals surface area contributed by atoms with Crippen molar-refractivity contribution in [3.05, 3.63) is 34.3 Å². The minimum atomic E-state index is -4.47. The van der Waals surface area contributed by atoms with Crippen LogP contribution in [0.5, 0.6) is 0 Å². The molecule has 0 bridgehead atoms. The van der Waals surface area contributed by atoms with E-state index < -0.39 is 11.7 Å². The molecule has 2 nitrogen and oxygen atoms in total. The van der Waals surface area contributed by atoms with Crippen LogP contribution >= 0.6 is 11.6 Å². The van der Waals surface area contributed by atoms with Crippen molar-refractivity contribution in [2.45, 2.75) is 12.6 Å². The summed E-state index contributed by atoms with van der Waals surface area (Å²) in [5.74, 6) is 0. The third kappa shape index (κ3) is 3.31. The molecule has 0 saturated heterocycles. The second-order valence-corrected chi connectivity index (χ2v) is 3.41. The molecular formula is C10H7ClF3NO. The summed E-state index contributed by atoms with van der Waals surface area (Å²) in [7, 11) is 0. The third-order valence-corrected chi connectivity index (χ3v) is 2.22. The van der Waals surface area contributed by atoms with Crippen LogP contribution in [-0.4, -0.2) is 6.61 Å². The van der Waals surface area contributed by atoms with Gasteiger partial charge in [-0.25, -0.2) is 0 Å². The Morgan fingerprint density at radius 1 is 1.38 bits per heavy atom. The van der Waals surface area contributed by atoms with Gasteiger partial charge >= 0.3 is 6.18 Å². The molecule has 0 N–H and O–H groups in total. The number of hydrogen-bond acceptors (Lipinski definition) is 2. The van der Waals surface area contributed by atoms with Gasteiger partial charge < -0.3 is 4.74 Å². The molecule has 0 saturated carbocycles. The fourth-order valence-electron chi connectivity index (χ4n) is 1.16. The monoisotopic (exact) mass is 249 g/mol. The topological polar surface area (TPSA) is 33.0 Å². The zero-order valence-electron chi connectivity index (χ0n) is 8.01. The van der Waals surface area contributed by atoms with Crippen LogP contribution in [-0.2, 0) is 17.3 Å². The molecule has 0 unspecified atom stereocenters. The summed E-state index contributed by atoms with van der Waals surface area (Å²) < 4.78 is 41.7. The van der Waals surface area contributed by atoms with E-state index in [0.29, 0.717) is 5.56 Å². The van der Waals surface area contributed by atoms with Gasteiger partial charge in [-0.05, 0) is 17.7 Å². The summed E-state index contributed by atoms with van der Waals surface area (Å²) in [5, 5.41) is 7.76. The Hall–Kier alpha value is -1.41. The quantitative estimate of drug-likeness (QED) is 0.608. The molecule has 1 rings (SSSR count). The Labute approximate surface area is 95.2 Å². The van der Waals surface area contributed by atoms with Gasteiger partial charge in [-0.2, -0.15) is 18.4 Å². The van der Waals surface area contributed by atoms with Crippen molar-refractivity contribution in [1.29, 1.82) is 5.26 Å². The molecular weight excluding hydrogens is 243 g/mol. The zero-order valence-corrected chi connectivity index (χ0v) is 8.77. The van der Waals surface area contributed by atoms with Gasteiger partial charge in [0.2, 0.25) is 0 Å². The summed E-state index contributed by atoms with van der Waals surface area (Å²) in [6.07, 6.45) is -2.79. The molecule has 86 valence electrons. The number of halogens is 4. The molecule has 1 aromatic rings. The van der Waals surface area contributed by atoms with Crippen LogP contribution in [0, 0.1) is 11.5 Å². The van der Waals surface area contributed by atoms with Crippen molar-refractivity contribution in [1.82, 2.24) is 0 Å². The van der Waals surface area contributed by atoms with Gasteiger partial charge in [0.25, 0.3) is 6.26 Å². The van der Waals surface area contributed by atoms with E-state index in [1.165, 1.54) is 18.4 Å². The van der Waals surface area contributed by atoms with Crippen molar-refractivity contribution < 1.29 is 17.9 Å². The number of nitriles is 1. The molecule has 0 radical (unpaired) electrons. The van der Waals surface area contributed by atoms with Crippen LogP contribution in [0.3, 0.4) is 0 Å². The Morgan fingerprint density at radius 3 is 2.62 bits per heavy atom. The van der Waals surface area contributed by atoms with Crippen molar-refractivity contribution in [3.8, 4) is 6.26 Å². The van der Waals surface area contributed by atoms with Crippen LogP contribution in [0.2, 0.25) is 5.02 Å². The highest BCUT2D eigenvalue weighted by Crippen LogP contribution is 2.35. The van der Waals surface area contributed by atoms with E-state index in [1.807, 2.05) is 0 Å².